The van der Waals surface area contributed by atoms with E-state index in [9.17, 15) is 0 Å². The van der Waals surface area contributed by atoms with Gasteiger partial charge in [0, 0.05) is 0 Å². The molecular formula is C15H24Si. The third-order valence-corrected chi connectivity index (χ3v) is 4.23. The average Bonchev–Trinajstić information content (AvgIpc) is 2.34. The summed E-state index contributed by atoms with van der Waals surface area (Å²) >= 11 is 0. The summed E-state index contributed by atoms with van der Waals surface area (Å²) in [5.41, 5.74) is 0. The van der Waals surface area contributed by atoms with Gasteiger partial charge in [0.05, 0.1) is 9.52 Å². The van der Waals surface area contributed by atoms with Gasteiger partial charge in [0.2, 0.25) is 0 Å². The Morgan fingerprint density at radius 1 is 0.812 bits per heavy atom. The van der Waals surface area contributed by atoms with E-state index in [0.29, 0.717) is 0 Å². The summed E-state index contributed by atoms with van der Waals surface area (Å²) < 4.78 is 0. The first kappa shape index (κ1) is 13.5. The summed E-state index contributed by atoms with van der Waals surface area (Å²) in [6.07, 6.45) is 9.96. The lowest BCUT2D eigenvalue weighted by Crippen LogP contribution is -2.12. The molecule has 0 unspecified atom stereocenters. The van der Waals surface area contributed by atoms with Gasteiger partial charge >= 0.3 is 0 Å². The average molecular weight is 232 g/mol. The van der Waals surface area contributed by atoms with Crippen LogP contribution in [0, 0.1) is 0 Å². The first-order chi connectivity index (χ1) is 7.93. The molecule has 1 heteroatoms. The second kappa shape index (κ2) is 9.65. The standard InChI is InChI=1S/C15H24Si/c1-2-3-4-5-6-7-11-14-16-15-12-9-8-10-13-15/h8-10,12-13H,2-7,11,14H2,1H3. The highest BCUT2D eigenvalue weighted by molar-refractivity contribution is 6.53. The quantitative estimate of drug-likeness (QED) is 0.442. The highest BCUT2D eigenvalue weighted by atomic mass is 28.2. The van der Waals surface area contributed by atoms with Crippen LogP contribution in [-0.2, 0) is 0 Å². The van der Waals surface area contributed by atoms with Gasteiger partial charge in [-0.3, -0.25) is 0 Å². The molecule has 1 aromatic carbocycles. The van der Waals surface area contributed by atoms with Crippen LogP contribution in [0.1, 0.15) is 51.9 Å². The molecule has 88 valence electrons. The Morgan fingerprint density at radius 2 is 1.44 bits per heavy atom. The molecule has 0 atom stereocenters. The summed E-state index contributed by atoms with van der Waals surface area (Å²) in [7, 11) is 1.02. The normalized spacial score (nSPS) is 10.6. The fourth-order valence-corrected chi connectivity index (χ4v) is 3.01. The van der Waals surface area contributed by atoms with Crippen molar-refractivity contribution < 1.29 is 0 Å². The highest BCUT2D eigenvalue weighted by Crippen LogP contribution is 2.08. The fraction of sp³-hybridized carbons (Fsp3) is 0.600. The third-order valence-electron chi connectivity index (χ3n) is 2.88. The van der Waals surface area contributed by atoms with Crippen molar-refractivity contribution in [2.24, 2.45) is 0 Å². The minimum absolute atomic E-state index is 1.02. The number of unbranched alkanes of at least 4 members (excludes halogenated alkanes) is 6. The van der Waals surface area contributed by atoms with E-state index >= 15 is 0 Å². The van der Waals surface area contributed by atoms with E-state index in [0.717, 1.165) is 9.52 Å². The number of rotatable bonds is 9. The minimum Gasteiger partial charge on any atom is -0.0654 e. The topological polar surface area (TPSA) is 0 Å². The Hall–Kier alpha value is -0.563. The monoisotopic (exact) mass is 232 g/mol. The van der Waals surface area contributed by atoms with Crippen LogP contribution in [0.25, 0.3) is 0 Å². The third kappa shape index (κ3) is 6.84. The van der Waals surface area contributed by atoms with Crippen molar-refractivity contribution in [3.63, 3.8) is 0 Å². The SMILES string of the molecule is CCCCCCCCC[Si]c1ccccc1. The van der Waals surface area contributed by atoms with Crippen molar-refractivity contribution in [2.75, 3.05) is 0 Å². The second-order valence-electron chi connectivity index (χ2n) is 4.41. The maximum absolute atomic E-state index is 2.28. The largest absolute Gasteiger partial charge is 0.0807 e. The van der Waals surface area contributed by atoms with Gasteiger partial charge in [-0.15, -0.1) is 0 Å². The molecule has 0 aliphatic rings. The highest BCUT2D eigenvalue weighted by Gasteiger charge is 1.94. The maximum atomic E-state index is 2.28. The molecule has 1 aromatic rings. The van der Waals surface area contributed by atoms with Gasteiger partial charge < -0.3 is 0 Å². The zero-order valence-corrected chi connectivity index (χ0v) is 11.5. The molecule has 0 spiro atoms. The lowest BCUT2D eigenvalue weighted by Gasteiger charge is -2.01. The van der Waals surface area contributed by atoms with Crippen LogP contribution in [0.2, 0.25) is 6.04 Å². The second-order valence-corrected chi connectivity index (χ2v) is 5.85. The number of hydrogen-bond acceptors (Lipinski definition) is 0. The van der Waals surface area contributed by atoms with Crippen LogP contribution >= 0.6 is 0 Å². The molecule has 0 heterocycles. The van der Waals surface area contributed by atoms with E-state index < -0.39 is 0 Å². The molecule has 0 saturated heterocycles. The van der Waals surface area contributed by atoms with Gasteiger partial charge in [0.15, 0.2) is 0 Å². The summed E-state index contributed by atoms with van der Waals surface area (Å²) in [5.74, 6) is 0. The van der Waals surface area contributed by atoms with E-state index in [4.69, 9.17) is 0 Å². The summed E-state index contributed by atoms with van der Waals surface area (Å²) in [6.45, 7) is 2.28. The molecule has 0 amide bonds. The molecule has 0 fully saturated rings. The van der Waals surface area contributed by atoms with Crippen LogP contribution in [-0.4, -0.2) is 9.52 Å². The lowest BCUT2D eigenvalue weighted by atomic mass is 10.1. The summed E-state index contributed by atoms with van der Waals surface area (Å²) in [4.78, 5) is 0. The maximum Gasteiger partial charge on any atom is 0.0807 e. The van der Waals surface area contributed by atoms with Crippen molar-refractivity contribution in [3.05, 3.63) is 30.3 Å². The van der Waals surface area contributed by atoms with Gasteiger partial charge in [0.25, 0.3) is 0 Å². The van der Waals surface area contributed by atoms with Gasteiger partial charge in [-0.2, -0.15) is 0 Å². The minimum atomic E-state index is 1.02. The van der Waals surface area contributed by atoms with Crippen LogP contribution in [0.5, 0.6) is 0 Å². The zero-order chi connectivity index (χ0) is 11.5. The Kier molecular flexibility index (Phi) is 8.14. The first-order valence-electron chi connectivity index (χ1n) is 6.72. The van der Waals surface area contributed by atoms with Crippen LogP contribution in [0.3, 0.4) is 0 Å². The van der Waals surface area contributed by atoms with Crippen LogP contribution in [0.4, 0.5) is 0 Å². The summed E-state index contributed by atoms with van der Waals surface area (Å²) in [5, 5.41) is 1.52. The van der Waals surface area contributed by atoms with Crippen LogP contribution in [0.15, 0.2) is 30.3 Å². The van der Waals surface area contributed by atoms with E-state index in [1.54, 1.807) is 0 Å². The Labute approximate surface area is 103 Å². The van der Waals surface area contributed by atoms with E-state index in [1.165, 1.54) is 56.2 Å². The fourth-order valence-electron chi connectivity index (χ4n) is 1.87. The van der Waals surface area contributed by atoms with Crippen molar-refractivity contribution in [2.45, 2.75) is 57.9 Å². The molecule has 0 N–H and O–H groups in total. The first-order valence-corrected chi connectivity index (χ1v) is 7.93. The molecule has 1 rings (SSSR count). The molecule has 0 nitrogen and oxygen atoms in total. The predicted molar refractivity (Wildman–Crippen MR) is 74.6 cm³/mol. The summed E-state index contributed by atoms with van der Waals surface area (Å²) in [6, 6.07) is 12.3. The molecule has 0 saturated carbocycles. The van der Waals surface area contributed by atoms with Crippen LogP contribution < -0.4 is 5.19 Å². The Morgan fingerprint density at radius 3 is 2.12 bits per heavy atom. The number of hydrogen-bond donors (Lipinski definition) is 0. The van der Waals surface area contributed by atoms with E-state index in [-0.39, 0.29) is 0 Å². The molecular weight excluding hydrogens is 208 g/mol. The molecule has 2 radical (unpaired) electrons. The predicted octanol–water partition coefficient (Wildman–Crippen LogP) is 4.19. The number of benzene rings is 1. The van der Waals surface area contributed by atoms with E-state index in [2.05, 4.69) is 37.3 Å². The van der Waals surface area contributed by atoms with Crippen molar-refractivity contribution in [3.8, 4) is 0 Å². The van der Waals surface area contributed by atoms with Gasteiger partial charge in [-0.05, 0) is 0 Å². The smallest absolute Gasteiger partial charge is 0.0654 e. The van der Waals surface area contributed by atoms with Gasteiger partial charge in [-0.1, -0.05) is 93.4 Å². The van der Waals surface area contributed by atoms with Crippen molar-refractivity contribution in [1.82, 2.24) is 0 Å². The van der Waals surface area contributed by atoms with Gasteiger partial charge in [0.1, 0.15) is 0 Å². The van der Waals surface area contributed by atoms with Crippen molar-refractivity contribution >= 4 is 14.7 Å². The van der Waals surface area contributed by atoms with Gasteiger partial charge in [-0.25, -0.2) is 0 Å². The Balaban J connectivity index is 1.89. The molecule has 0 bridgehead atoms. The molecule has 0 aliphatic carbocycles. The molecule has 0 aromatic heterocycles. The molecule has 16 heavy (non-hydrogen) atoms. The molecule has 0 aliphatic heterocycles. The van der Waals surface area contributed by atoms with E-state index in [1.807, 2.05) is 0 Å². The Bertz CT molecular complexity index is 243. The lowest BCUT2D eigenvalue weighted by molar-refractivity contribution is 0.601. The zero-order valence-electron chi connectivity index (χ0n) is 10.5. The van der Waals surface area contributed by atoms with Crippen molar-refractivity contribution in [1.29, 1.82) is 0 Å².